The van der Waals surface area contributed by atoms with E-state index < -0.39 is 0 Å². The van der Waals surface area contributed by atoms with Crippen LogP contribution in [0.1, 0.15) is 30.2 Å². The molecule has 116 valence electrons. The van der Waals surface area contributed by atoms with Crippen LogP contribution < -0.4 is 10.6 Å². The first-order chi connectivity index (χ1) is 9.93. The molecule has 0 saturated carbocycles. The van der Waals surface area contributed by atoms with E-state index in [0.29, 0.717) is 6.04 Å². The largest absolute Gasteiger partial charge is 0.409 e. The summed E-state index contributed by atoms with van der Waals surface area (Å²) in [6.45, 7) is 9.11. The van der Waals surface area contributed by atoms with E-state index in [9.17, 15) is 0 Å². The molecule has 1 aromatic rings. The topological polar surface area (TPSA) is 78.0 Å². The van der Waals surface area contributed by atoms with Gasteiger partial charge >= 0.3 is 0 Å². The van der Waals surface area contributed by atoms with Crippen LogP contribution in [0.5, 0.6) is 0 Å². The molecule has 0 bridgehead atoms. The Balaban J connectivity index is 2.51. The van der Waals surface area contributed by atoms with Crippen LogP contribution in [0.2, 0.25) is 0 Å². The summed E-state index contributed by atoms with van der Waals surface area (Å²) in [5.74, 6) is 0.949. The van der Waals surface area contributed by atoms with Crippen molar-refractivity contribution in [3.8, 4) is 0 Å². The molecule has 1 aromatic heterocycles. The zero-order valence-electron chi connectivity index (χ0n) is 13.3. The minimum atomic E-state index is 0.125. The van der Waals surface area contributed by atoms with Gasteiger partial charge in [-0.2, -0.15) is 0 Å². The second kappa shape index (κ2) is 6.30. The van der Waals surface area contributed by atoms with Crippen LogP contribution in [0.3, 0.4) is 0 Å². The summed E-state index contributed by atoms with van der Waals surface area (Å²) in [6.07, 6.45) is 1.07. The molecule has 1 aliphatic heterocycles. The molecule has 1 unspecified atom stereocenters. The Morgan fingerprint density at radius 3 is 2.81 bits per heavy atom. The van der Waals surface area contributed by atoms with Gasteiger partial charge in [-0.05, 0) is 52.4 Å². The molecule has 2 heterocycles. The fraction of sp³-hybridized carbons (Fsp3) is 0.600. The summed E-state index contributed by atoms with van der Waals surface area (Å²) in [7, 11) is 2.14. The molecule has 2 rings (SSSR count). The van der Waals surface area contributed by atoms with Gasteiger partial charge in [-0.1, -0.05) is 5.16 Å². The van der Waals surface area contributed by atoms with Gasteiger partial charge < -0.3 is 20.7 Å². The number of nitrogens with two attached hydrogens (primary N) is 1. The zero-order valence-corrected chi connectivity index (χ0v) is 13.3. The highest BCUT2D eigenvalue weighted by molar-refractivity contribution is 6.02. The van der Waals surface area contributed by atoms with E-state index >= 15 is 0 Å². The summed E-state index contributed by atoms with van der Waals surface area (Å²) in [4.78, 5) is 9.28. The highest BCUT2D eigenvalue weighted by atomic mass is 16.4. The van der Waals surface area contributed by atoms with E-state index in [1.807, 2.05) is 19.9 Å². The average Bonchev–Trinajstić information content (AvgIpc) is 2.57. The summed E-state index contributed by atoms with van der Waals surface area (Å²) in [5, 5.41) is 12.3. The van der Waals surface area contributed by atoms with Gasteiger partial charge in [-0.3, -0.25) is 0 Å². The quantitative estimate of drug-likeness (QED) is 0.372. The van der Waals surface area contributed by atoms with Crippen molar-refractivity contribution in [2.24, 2.45) is 10.9 Å². The molecule has 0 spiro atoms. The van der Waals surface area contributed by atoms with Crippen LogP contribution in [0.15, 0.2) is 11.2 Å². The maximum atomic E-state index is 9.08. The van der Waals surface area contributed by atoms with Crippen LogP contribution in [0, 0.1) is 13.8 Å². The van der Waals surface area contributed by atoms with Crippen molar-refractivity contribution >= 4 is 11.7 Å². The summed E-state index contributed by atoms with van der Waals surface area (Å²) in [5.41, 5.74) is 8.55. The molecule has 1 saturated heterocycles. The lowest BCUT2D eigenvalue weighted by Gasteiger charge is -2.31. The first kappa shape index (κ1) is 15.6. The first-order valence-corrected chi connectivity index (χ1v) is 7.35. The third kappa shape index (κ3) is 3.26. The minimum absolute atomic E-state index is 0.125. The van der Waals surface area contributed by atoms with Gasteiger partial charge in [0, 0.05) is 24.8 Å². The number of oxime groups is 1. The van der Waals surface area contributed by atoms with Crippen LogP contribution in [0.4, 0.5) is 5.82 Å². The van der Waals surface area contributed by atoms with E-state index in [1.165, 1.54) is 0 Å². The third-order valence-electron chi connectivity index (χ3n) is 4.01. The van der Waals surface area contributed by atoms with Crippen molar-refractivity contribution in [1.29, 1.82) is 0 Å². The minimum Gasteiger partial charge on any atom is -0.409 e. The summed E-state index contributed by atoms with van der Waals surface area (Å²) >= 11 is 0. The fourth-order valence-electron chi connectivity index (χ4n) is 3.08. The number of rotatable bonds is 2. The highest BCUT2D eigenvalue weighted by Crippen LogP contribution is 2.26. The van der Waals surface area contributed by atoms with Crippen molar-refractivity contribution in [2.45, 2.75) is 33.2 Å². The number of anilines is 1. The van der Waals surface area contributed by atoms with Gasteiger partial charge in [0.2, 0.25) is 0 Å². The Morgan fingerprint density at radius 1 is 1.43 bits per heavy atom. The van der Waals surface area contributed by atoms with Gasteiger partial charge in [0.15, 0.2) is 5.84 Å². The molecule has 21 heavy (non-hydrogen) atoms. The number of likely N-dealkylation sites (N-methyl/N-ethyl adjacent to an activating group) is 1. The van der Waals surface area contributed by atoms with Crippen molar-refractivity contribution in [1.82, 2.24) is 9.88 Å². The molecule has 0 radical (unpaired) electrons. The Kier molecular flexibility index (Phi) is 4.67. The second-order valence-corrected chi connectivity index (χ2v) is 5.92. The molecule has 0 amide bonds. The van der Waals surface area contributed by atoms with Crippen LogP contribution in [-0.2, 0) is 0 Å². The molecule has 6 heteroatoms. The summed E-state index contributed by atoms with van der Waals surface area (Å²) in [6, 6.07) is 2.29. The highest BCUT2D eigenvalue weighted by Gasteiger charge is 2.25. The van der Waals surface area contributed by atoms with E-state index in [1.54, 1.807) is 0 Å². The Labute approximate surface area is 126 Å². The number of aryl methyl sites for hydroxylation is 2. The zero-order chi connectivity index (χ0) is 15.6. The fourth-order valence-corrected chi connectivity index (χ4v) is 3.08. The van der Waals surface area contributed by atoms with Crippen molar-refractivity contribution < 1.29 is 5.21 Å². The monoisotopic (exact) mass is 291 g/mol. The maximum absolute atomic E-state index is 9.08. The molecule has 1 aliphatic rings. The van der Waals surface area contributed by atoms with E-state index in [-0.39, 0.29) is 5.84 Å². The summed E-state index contributed by atoms with van der Waals surface area (Å²) < 4.78 is 0. The first-order valence-electron chi connectivity index (χ1n) is 7.35. The average molecular weight is 291 g/mol. The molecule has 0 aromatic carbocycles. The van der Waals surface area contributed by atoms with Crippen LogP contribution >= 0.6 is 0 Å². The number of hydrogen-bond acceptors (Lipinski definition) is 5. The Morgan fingerprint density at radius 2 is 2.14 bits per heavy atom. The van der Waals surface area contributed by atoms with Crippen molar-refractivity contribution in [3.63, 3.8) is 0 Å². The number of aromatic nitrogens is 1. The third-order valence-corrected chi connectivity index (χ3v) is 4.01. The van der Waals surface area contributed by atoms with Gasteiger partial charge in [0.1, 0.15) is 5.82 Å². The van der Waals surface area contributed by atoms with Gasteiger partial charge in [0.25, 0.3) is 0 Å². The number of pyridine rings is 1. The Bertz CT molecular complexity index is 543. The Hall–Kier alpha value is -1.82. The molecule has 6 nitrogen and oxygen atoms in total. The van der Waals surface area contributed by atoms with Gasteiger partial charge in [0.05, 0.1) is 5.56 Å². The van der Waals surface area contributed by atoms with Crippen molar-refractivity contribution in [2.75, 3.05) is 31.6 Å². The SMILES string of the molecule is Cc1cc(C)c(/C(N)=N/O)c(N2CCCN(C)CC2C)n1. The lowest BCUT2D eigenvalue weighted by atomic mass is 10.1. The smallest absolute Gasteiger partial charge is 0.174 e. The predicted molar refractivity (Wildman–Crippen MR) is 85.1 cm³/mol. The molecular weight excluding hydrogens is 266 g/mol. The molecule has 3 N–H and O–H groups in total. The van der Waals surface area contributed by atoms with E-state index in [4.69, 9.17) is 10.9 Å². The number of hydrogen-bond donors (Lipinski definition) is 2. The van der Waals surface area contributed by atoms with E-state index in [2.05, 4.69) is 33.9 Å². The lowest BCUT2D eigenvalue weighted by molar-refractivity contribution is 0.318. The van der Waals surface area contributed by atoms with Gasteiger partial charge in [-0.25, -0.2) is 4.98 Å². The predicted octanol–water partition coefficient (Wildman–Crippen LogP) is 1.32. The van der Waals surface area contributed by atoms with Crippen molar-refractivity contribution in [3.05, 3.63) is 22.9 Å². The standard InChI is InChI=1S/C15H25N5O/c1-10-8-11(2)17-15(13(10)14(16)18-21)20-7-5-6-19(4)9-12(20)3/h8,12,21H,5-7,9H2,1-4H3,(H2,16,18). The number of amidine groups is 1. The molecule has 0 aliphatic carbocycles. The van der Waals surface area contributed by atoms with E-state index in [0.717, 1.165) is 48.7 Å². The van der Waals surface area contributed by atoms with Crippen LogP contribution in [-0.4, -0.2) is 53.7 Å². The maximum Gasteiger partial charge on any atom is 0.174 e. The molecule has 1 fully saturated rings. The lowest BCUT2D eigenvalue weighted by Crippen LogP contribution is -2.40. The second-order valence-electron chi connectivity index (χ2n) is 5.92. The molecular formula is C15H25N5O. The van der Waals surface area contributed by atoms with Crippen LogP contribution in [0.25, 0.3) is 0 Å². The normalized spacial score (nSPS) is 21.4. The number of nitrogens with zero attached hydrogens (tertiary/aromatic N) is 4. The van der Waals surface area contributed by atoms with Gasteiger partial charge in [-0.15, -0.1) is 0 Å². The molecule has 1 atom stereocenters.